The molecular formula is C6H9O2. The Bertz CT molecular complexity index is 86.5. The first kappa shape index (κ1) is 7.21. The number of carbonyl (C=O) groups is 1. The lowest BCUT2D eigenvalue weighted by Gasteiger charge is -1.94. The summed E-state index contributed by atoms with van der Waals surface area (Å²) in [5.41, 5.74) is 0. The van der Waals surface area contributed by atoms with Crippen molar-refractivity contribution < 1.29 is 9.53 Å². The number of esters is 1. The Kier molecular flexibility index (Phi) is 3.94. The molecule has 0 N–H and O–H groups in total. The fourth-order valence-electron chi connectivity index (χ4n) is 0.246. The minimum absolute atomic E-state index is 0.460. The minimum atomic E-state index is -0.466. The molecular weight excluding hydrogens is 104 g/mol. The summed E-state index contributed by atoms with van der Waals surface area (Å²) in [6.45, 7) is 5.50. The first-order chi connectivity index (χ1) is 3.81. The fraction of sp³-hybridized carbons (Fsp3) is 0.500. The summed E-state index contributed by atoms with van der Waals surface area (Å²) in [5, 5.41) is 0. The predicted molar refractivity (Wildman–Crippen MR) is 30.1 cm³/mol. The van der Waals surface area contributed by atoms with E-state index >= 15 is 0 Å². The smallest absolute Gasteiger partial charge is 0.338 e. The molecule has 0 aliphatic heterocycles. The van der Waals surface area contributed by atoms with Crippen molar-refractivity contribution in [2.24, 2.45) is 0 Å². The van der Waals surface area contributed by atoms with E-state index in [1.807, 2.05) is 6.92 Å². The highest BCUT2D eigenvalue weighted by atomic mass is 16.5. The summed E-state index contributed by atoms with van der Waals surface area (Å²) in [6, 6.07) is 0. The Hall–Kier alpha value is -0.790. The van der Waals surface area contributed by atoms with Crippen LogP contribution in [-0.2, 0) is 9.53 Å². The molecule has 45 valence electrons. The summed E-state index contributed by atoms with van der Waals surface area (Å²) < 4.78 is 4.53. The lowest BCUT2D eigenvalue weighted by atomic mass is 10.5. The first-order valence-electron chi connectivity index (χ1n) is 2.51. The van der Waals surface area contributed by atoms with Gasteiger partial charge in [-0.1, -0.05) is 13.5 Å². The van der Waals surface area contributed by atoms with E-state index in [0.29, 0.717) is 6.61 Å². The van der Waals surface area contributed by atoms with Crippen LogP contribution in [0.1, 0.15) is 13.3 Å². The standard InChI is InChI=1S/C6H9O2/c1-3-5-8-6(7)4-2/h2-3,5H2,1H3. The molecule has 0 aromatic carbocycles. The zero-order valence-corrected chi connectivity index (χ0v) is 4.94. The zero-order chi connectivity index (χ0) is 6.41. The molecule has 2 heteroatoms. The van der Waals surface area contributed by atoms with E-state index in [0.717, 1.165) is 6.42 Å². The Morgan fingerprint density at radius 2 is 2.50 bits per heavy atom. The van der Waals surface area contributed by atoms with Gasteiger partial charge in [0.05, 0.1) is 12.7 Å². The number of carbonyl (C=O) groups excluding carboxylic acids is 1. The normalized spacial score (nSPS) is 8.12. The van der Waals surface area contributed by atoms with Gasteiger partial charge in [-0.05, 0) is 6.42 Å². The van der Waals surface area contributed by atoms with Gasteiger partial charge in [0.1, 0.15) is 0 Å². The Morgan fingerprint density at radius 3 is 2.88 bits per heavy atom. The van der Waals surface area contributed by atoms with Crippen LogP contribution in [-0.4, -0.2) is 12.6 Å². The molecule has 0 atom stereocenters. The largest absolute Gasteiger partial charge is 0.462 e. The van der Waals surface area contributed by atoms with E-state index in [9.17, 15) is 4.79 Å². The maximum Gasteiger partial charge on any atom is 0.338 e. The van der Waals surface area contributed by atoms with Gasteiger partial charge in [0, 0.05) is 0 Å². The van der Waals surface area contributed by atoms with Crippen LogP contribution in [0.4, 0.5) is 0 Å². The van der Waals surface area contributed by atoms with Gasteiger partial charge in [0.25, 0.3) is 0 Å². The molecule has 0 heterocycles. The highest BCUT2D eigenvalue weighted by molar-refractivity contribution is 5.76. The lowest BCUT2D eigenvalue weighted by Crippen LogP contribution is -2.00. The summed E-state index contributed by atoms with van der Waals surface area (Å²) >= 11 is 0. The third-order valence-electron chi connectivity index (χ3n) is 0.582. The summed E-state index contributed by atoms with van der Waals surface area (Å²) in [7, 11) is 0. The predicted octanol–water partition coefficient (Wildman–Crippen LogP) is 0.929. The van der Waals surface area contributed by atoms with Crippen molar-refractivity contribution in [2.45, 2.75) is 13.3 Å². The van der Waals surface area contributed by atoms with Gasteiger partial charge in [-0.15, -0.1) is 0 Å². The summed E-state index contributed by atoms with van der Waals surface area (Å²) in [5.74, 6) is -0.466. The molecule has 8 heavy (non-hydrogen) atoms. The molecule has 2 nitrogen and oxygen atoms in total. The van der Waals surface area contributed by atoms with Gasteiger partial charge in [-0.25, -0.2) is 4.79 Å². The van der Waals surface area contributed by atoms with Gasteiger partial charge < -0.3 is 4.74 Å². The highest BCUT2D eigenvalue weighted by Crippen LogP contribution is 1.80. The van der Waals surface area contributed by atoms with Gasteiger partial charge in [0.2, 0.25) is 0 Å². The van der Waals surface area contributed by atoms with E-state index in [1.54, 1.807) is 0 Å². The van der Waals surface area contributed by atoms with Crippen LogP contribution < -0.4 is 0 Å². The SMILES string of the molecule is C=[C]C(=O)OCCC. The molecule has 0 aliphatic carbocycles. The van der Waals surface area contributed by atoms with Crippen LogP contribution in [0.3, 0.4) is 0 Å². The molecule has 0 bridgehead atoms. The number of hydrogen-bond donors (Lipinski definition) is 0. The maximum absolute atomic E-state index is 10.2. The van der Waals surface area contributed by atoms with Crippen molar-refractivity contribution in [3.8, 4) is 0 Å². The van der Waals surface area contributed by atoms with Crippen molar-refractivity contribution >= 4 is 5.97 Å². The van der Waals surface area contributed by atoms with Crippen molar-refractivity contribution in [1.29, 1.82) is 0 Å². The lowest BCUT2D eigenvalue weighted by molar-refractivity contribution is -0.138. The maximum atomic E-state index is 10.2. The second kappa shape index (κ2) is 4.37. The van der Waals surface area contributed by atoms with Gasteiger partial charge in [0.15, 0.2) is 0 Å². The Morgan fingerprint density at radius 1 is 1.88 bits per heavy atom. The molecule has 0 unspecified atom stereocenters. The number of hydrogen-bond acceptors (Lipinski definition) is 2. The van der Waals surface area contributed by atoms with E-state index in [-0.39, 0.29) is 0 Å². The van der Waals surface area contributed by atoms with Crippen LogP contribution in [0.5, 0.6) is 0 Å². The molecule has 0 aromatic heterocycles. The fourth-order valence-corrected chi connectivity index (χ4v) is 0.246. The minimum Gasteiger partial charge on any atom is -0.462 e. The van der Waals surface area contributed by atoms with Crippen LogP contribution >= 0.6 is 0 Å². The van der Waals surface area contributed by atoms with Crippen molar-refractivity contribution in [3.05, 3.63) is 12.7 Å². The molecule has 0 aliphatic rings. The third kappa shape index (κ3) is 3.40. The van der Waals surface area contributed by atoms with E-state index in [1.165, 1.54) is 0 Å². The van der Waals surface area contributed by atoms with Crippen LogP contribution in [0, 0.1) is 6.08 Å². The molecule has 1 radical (unpaired) electrons. The Labute approximate surface area is 49.1 Å². The number of ether oxygens (including phenoxy) is 1. The van der Waals surface area contributed by atoms with Gasteiger partial charge in [-0.3, -0.25) is 0 Å². The highest BCUT2D eigenvalue weighted by Gasteiger charge is 1.90. The summed E-state index contributed by atoms with van der Waals surface area (Å²) in [4.78, 5) is 10.2. The van der Waals surface area contributed by atoms with Gasteiger partial charge in [-0.2, -0.15) is 0 Å². The van der Waals surface area contributed by atoms with Crippen LogP contribution in [0.2, 0.25) is 0 Å². The topological polar surface area (TPSA) is 26.3 Å². The quantitative estimate of drug-likeness (QED) is 0.402. The van der Waals surface area contributed by atoms with E-state index in [2.05, 4.69) is 17.4 Å². The van der Waals surface area contributed by atoms with E-state index in [4.69, 9.17) is 0 Å². The molecule has 0 spiro atoms. The molecule has 0 saturated carbocycles. The third-order valence-corrected chi connectivity index (χ3v) is 0.582. The molecule has 0 fully saturated rings. The van der Waals surface area contributed by atoms with Crippen molar-refractivity contribution in [3.63, 3.8) is 0 Å². The van der Waals surface area contributed by atoms with Crippen molar-refractivity contribution in [1.82, 2.24) is 0 Å². The monoisotopic (exact) mass is 113 g/mol. The van der Waals surface area contributed by atoms with Crippen LogP contribution in [0.15, 0.2) is 6.58 Å². The molecule has 0 aromatic rings. The molecule has 0 amide bonds. The first-order valence-corrected chi connectivity index (χ1v) is 2.51. The van der Waals surface area contributed by atoms with Crippen molar-refractivity contribution in [2.75, 3.05) is 6.61 Å². The summed E-state index contributed by atoms with van der Waals surface area (Å²) in [6.07, 6.45) is 2.93. The van der Waals surface area contributed by atoms with Gasteiger partial charge >= 0.3 is 5.97 Å². The molecule has 0 saturated heterocycles. The second-order valence-corrected chi connectivity index (χ2v) is 1.31. The van der Waals surface area contributed by atoms with E-state index < -0.39 is 5.97 Å². The second-order valence-electron chi connectivity index (χ2n) is 1.31. The molecule has 0 rings (SSSR count). The Balaban J connectivity index is 3.11. The zero-order valence-electron chi connectivity index (χ0n) is 4.94. The average Bonchev–Trinajstić information content (AvgIpc) is 1.83. The average molecular weight is 113 g/mol. The van der Waals surface area contributed by atoms with Crippen LogP contribution in [0.25, 0.3) is 0 Å². The number of rotatable bonds is 3.